The van der Waals surface area contributed by atoms with Gasteiger partial charge in [-0.2, -0.15) is 0 Å². The lowest BCUT2D eigenvalue weighted by Gasteiger charge is -2.22. The first kappa shape index (κ1) is 24.3. The Kier molecular flexibility index (Phi) is 7.43. The van der Waals surface area contributed by atoms with E-state index >= 15 is 0 Å². The minimum absolute atomic E-state index is 0.0391. The summed E-state index contributed by atoms with van der Waals surface area (Å²) >= 11 is 0. The van der Waals surface area contributed by atoms with Crippen LogP contribution in [0.4, 0.5) is 5.69 Å². The number of sulfonamides is 1. The molecular formula is C26H30N2O4S. The molecule has 0 unspecified atom stereocenters. The number of aryl methyl sites for hydroxylation is 1. The van der Waals surface area contributed by atoms with Gasteiger partial charge in [-0.3, -0.25) is 9.52 Å². The third-order valence-corrected chi connectivity index (χ3v) is 6.47. The van der Waals surface area contributed by atoms with Crippen molar-refractivity contribution in [2.75, 3.05) is 17.9 Å². The second kappa shape index (κ2) is 10.1. The van der Waals surface area contributed by atoms with Crippen LogP contribution in [0.2, 0.25) is 0 Å². The largest absolute Gasteiger partial charge is 0.491 e. The van der Waals surface area contributed by atoms with Gasteiger partial charge in [0.25, 0.3) is 15.9 Å². The number of rotatable bonds is 8. The molecule has 1 amide bonds. The van der Waals surface area contributed by atoms with Crippen LogP contribution in [0.15, 0.2) is 77.7 Å². The van der Waals surface area contributed by atoms with Crippen molar-refractivity contribution in [1.82, 2.24) is 5.32 Å². The minimum Gasteiger partial charge on any atom is -0.491 e. The molecule has 3 aromatic carbocycles. The van der Waals surface area contributed by atoms with Gasteiger partial charge in [0.05, 0.1) is 11.4 Å². The normalized spacial score (nSPS) is 11.6. The van der Waals surface area contributed by atoms with E-state index in [1.807, 2.05) is 31.2 Å². The summed E-state index contributed by atoms with van der Waals surface area (Å²) in [6.45, 7) is 8.96. The van der Waals surface area contributed by atoms with Crippen LogP contribution in [0.25, 0.3) is 0 Å². The molecule has 0 bridgehead atoms. The molecule has 6 nitrogen and oxygen atoms in total. The molecule has 0 aliphatic heterocycles. The number of hydrogen-bond acceptors (Lipinski definition) is 4. The zero-order valence-electron chi connectivity index (χ0n) is 19.4. The highest BCUT2D eigenvalue weighted by Gasteiger charge is 2.18. The molecule has 0 fully saturated rings. The molecule has 2 N–H and O–H groups in total. The van der Waals surface area contributed by atoms with Crippen molar-refractivity contribution in [2.45, 2.75) is 38.0 Å². The summed E-state index contributed by atoms with van der Waals surface area (Å²) in [5.74, 6) is 0.556. The Labute approximate surface area is 196 Å². The van der Waals surface area contributed by atoms with Gasteiger partial charge in [-0.25, -0.2) is 8.42 Å². The van der Waals surface area contributed by atoms with Crippen LogP contribution in [-0.2, 0) is 15.4 Å². The Bertz CT molecular complexity index is 1200. The molecule has 174 valence electrons. The second-order valence-corrected chi connectivity index (χ2v) is 10.5. The first-order chi connectivity index (χ1) is 15.6. The Hall–Kier alpha value is -3.32. The molecule has 0 spiro atoms. The maximum atomic E-state index is 12.5. The fraction of sp³-hybridized carbons (Fsp3) is 0.269. The fourth-order valence-electron chi connectivity index (χ4n) is 3.26. The third-order valence-electron chi connectivity index (χ3n) is 5.07. The van der Waals surface area contributed by atoms with Gasteiger partial charge < -0.3 is 10.1 Å². The van der Waals surface area contributed by atoms with Crippen molar-refractivity contribution in [3.63, 3.8) is 0 Å². The van der Waals surface area contributed by atoms with E-state index in [2.05, 4.69) is 30.8 Å². The molecule has 0 aliphatic carbocycles. The fourth-order valence-corrected chi connectivity index (χ4v) is 4.32. The summed E-state index contributed by atoms with van der Waals surface area (Å²) in [4.78, 5) is 12.6. The zero-order valence-corrected chi connectivity index (χ0v) is 20.2. The molecule has 3 rings (SSSR count). The summed E-state index contributed by atoms with van der Waals surface area (Å²) in [7, 11) is -3.69. The number of para-hydroxylation sites is 1. The highest BCUT2D eigenvalue weighted by atomic mass is 32.2. The van der Waals surface area contributed by atoms with Gasteiger partial charge >= 0.3 is 0 Å². The summed E-state index contributed by atoms with van der Waals surface area (Å²) in [6.07, 6.45) is 0. The molecule has 0 heterocycles. The maximum Gasteiger partial charge on any atom is 0.261 e. The Balaban J connectivity index is 1.53. The lowest BCUT2D eigenvalue weighted by molar-refractivity contribution is 0.0947. The topological polar surface area (TPSA) is 84.5 Å². The summed E-state index contributed by atoms with van der Waals surface area (Å²) in [5, 5.41) is 2.82. The van der Waals surface area contributed by atoms with Gasteiger partial charge in [-0.15, -0.1) is 0 Å². The van der Waals surface area contributed by atoms with Crippen LogP contribution in [-0.4, -0.2) is 27.5 Å². The molecule has 0 radical (unpaired) electrons. The van der Waals surface area contributed by atoms with Crippen LogP contribution in [0, 0.1) is 6.92 Å². The number of carbonyl (C=O) groups is 1. The predicted molar refractivity (Wildman–Crippen MR) is 131 cm³/mol. The van der Waals surface area contributed by atoms with Crippen LogP contribution in [0.5, 0.6) is 5.75 Å². The van der Waals surface area contributed by atoms with Crippen molar-refractivity contribution in [1.29, 1.82) is 0 Å². The van der Waals surface area contributed by atoms with Gasteiger partial charge in [0.2, 0.25) is 0 Å². The lowest BCUT2D eigenvalue weighted by atomic mass is 9.86. The number of benzene rings is 3. The molecule has 3 aromatic rings. The molecule has 0 saturated heterocycles. The smallest absolute Gasteiger partial charge is 0.261 e. The van der Waals surface area contributed by atoms with E-state index in [0.717, 1.165) is 16.9 Å². The zero-order chi connectivity index (χ0) is 24.1. The molecule has 0 atom stereocenters. The number of nitrogens with one attached hydrogen (secondary N) is 2. The molecule has 7 heteroatoms. The van der Waals surface area contributed by atoms with E-state index < -0.39 is 10.0 Å². The number of anilines is 1. The maximum absolute atomic E-state index is 12.5. The molecule has 0 saturated carbocycles. The highest BCUT2D eigenvalue weighted by molar-refractivity contribution is 7.92. The van der Waals surface area contributed by atoms with Crippen LogP contribution in [0.1, 0.15) is 42.3 Å². The molecule has 0 aliphatic rings. The Morgan fingerprint density at radius 1 is 0.909 bits per heavy atom. The monoisotopic (exact) mass is 466 g/mol. The van der Waals surface area contributed by atoms with Crippen molar-refractivity contribution in [2.24, 2.45) is 0 Å². The van der Waals surface area contributed by atoms with Crippen molar-refractivity contribution in [3.8, 4) is 5.75 Å². The molecule has 0 aromatic heterocycles. The molecule has 33 heavy (non-hydrogen) atoms. The third kappa shape index (κ3) is 6.58. The summed E-state index contributed by atoms with van der Waals surface area (Å²) in [6, 6.07) is 20.8. The van der Waals surface area contributed by atoms with E-state index in [9.17, 15) is 13.2 Å². The van der Waals surface area contributed by atoms with Crippen LogP contribution >= 0.6 is 0 Å². The highest BCUT2D eigenvalue weighted by Crippen LogP contribution is 2.30. The van der Waals surface area contributed by atoms with Crippen molar-refractivity contribution >= 4 is 21.6 Å². The number of carbonyl (C=O) groups excluding carboxylic acids is 1. The number of amides is 1. The van der Waals surface area contributed by atoms with Gasteiger partial charge in [0.1, 0.15) is 12.4 Å². The second-order valence-electron chi connectivity index (χ2n) is 8.85. The Morgan fingerprint density at radius 3 is 2.18 bits per heavy atom. The van der Waals surface area contributed by atoms with E-state index in [1.165, 1.54) is 0 Å². The minimum atomic E-state index is -3.69. The van der Waals surface area contributed by atoms with E-state index in [0.29, 0.717) is 24.4 Å². The predicted octanol–water partition coefficient (Wildman–Crippen LogP) is 4.90. The number of hydrogen-bond donors (Lipinski definition) is 2. The summed E-state index contributed by atoms with van der Waals surface area (Å²) < 4.78 is 33.4. The standard InChI is InChI=1S/C26H30N2O4S/c1-19-9-15-22(16-10-19)33(30,31)28-21-13-11-20(12-14-21)25(29)27-17-18-32-24-8-6-5-7-23(24)26(2,3)4/h5-16,28H,17-18H2,1-4H3,(H,27,29). The summed E-state index contributed by atoms with van der Waals surface area (Å²) in [5.41, 5.74) is 2.87. The average molecular weight is 467 g/mol. The number of ether oxygens (including phenoxy) is 1. The van der Waals surface area contributed by atoms with Gasteiger partial charge in [-0.05, 0) is 60.4 Å². The van der Waals surface area contributed by atoms with E-state index in [-0.39, 0.29) is 16.2 Å². The van der Waals surface area contributed by atoms with E-state index in [1.54, 1.807) is 48.5 Å². The average Bonchev–Trinajstić information content (AvgIpc) is 2.77. The van der Waals surface area contributed by atoms with Gasteiger partial charge in [0.15, 0.2) is 0 Å². The lowest BCUT2D eigenvalue weighted by Crippen LogP contribution is -2.28. The first-order valence-corrected chi connectivity index (χ1v) is 12.2. The van der Waals surface area contributed by atoms with Crippen LogP contribution < -0.4 is 14.8 Å². The quantitative estimate of drug-likeness (QED) is 0.463. The van der Waals surface area contributed by atoms with Crippen molar-refractivity contribution < 1.29 is 17.9 Å². The molecular weight excluding hydrogens is 436 g/mol. The first-order valence-electron chi connectivity index (χ1n) is 10.8. The SMILES string of the molecule is Cc1ccc(S(=O)(=O)Nc2ccc(C(=O)NCCOc3ccccc3C(C)(C)C)cc2)cc1. The van der Waals surface area contributed by atoms with E-state index in [4.69, 9.17) is 4.74 Å². The van der Waals surface area contributed by atoms with Crippen LogP contribution in [0.3, 0.4) is 0 Å². The van der Waals surface area contributed by atoms with Gasteiger partial charge in [0, 0.05) is 11.3 Å². The van der Waals surface area contributed by atoms with Gasteiger partial charge in [-0.1, -0.05) is 56.7 Å². The van der Waals surface area contributed by atoms with Crippen molar-refractivity contribution in [3.05, 3.63) is 89.5 Å². The Morgan fingerprint density at radius 2 is 1.55 bits per heavy atom.